The lowest BCUT2D eigenvalue weighted by atomic mass is 10.0. The molecule has 0 saturated carbocycles. The van der Waals surface area contributed by atoms with E-state index in [4.69, 9.17) is 27.9 Å². The molecule has 2 nitrogen and oxygen atoms in total. The molecule has 0 bridgehead atoms. The van der Waals surface area contributed by atoms with Crippen LogP contribution in [0.3, 0.4) is 0 Å². The first-order valence-corrected chi connectivity index (χ1v) is 7.73. The highest BCUT2D eigenvalue weighted by Crippen LogP contribution is 2.36. The number of aromatic nitrogens is 1. The molecule has 2 aromatic rings. The quantitative estimate of drug-likeness (QED) is 0.669. The molecule has 0 radical (unpaired) electrons. The van der Waals surface area contributed by atoms with Crippen LogP contribution in [0.4, 0.5) is 0 Å². The summed E-state index contributed by atoms with van der Waals surface area (Å²) in [6.07, 6.45) is 0. The van der Waals surface area contributed by atoms with Gasteiger partial charge in [0.15, 0.2) is 0 Å². The average Bonchev–Trinajstić information content (AvgIpc) is 2.69. The Labute approximate surface area is 127 Å². The molecule has 0 saturated heterocycles. The van der Waals surface area contributed by atoms with Gasteiger partial charge in [-0.15, -0.1) is 11.6 Å². The summed E-state index contributed by atoms with van der Waals surface area (Å²) in [6, 6.07) is 6.19. The maximum atomic E-state index is 5.98. The van der Waals surface area contributed by atoms with Crippen molar-refractivity contribution in [2.24, 2.45) is 0 Å². The highest BCUT2D eigenvalue weighted by atomic mass is 35.5. The Bertz CT molecular complexity index is 581. The number of rotatable bonds is 4. The molecule has 0 amide bonds. The van der Waals surface area contributed by atoms with Gasteiger partial charge in [0.1, 0.15) is 10.9 Å². The Balaban J connectivity index is 2.33. The van der Waals surface area contributed by atoms with Gasteiger partial charge in [-0.3, -0.25) is 0 Å². The van der Waals surface area contributed by atoms with E-state index in [1.807, 2.05) is 13.0 Å². The molecule has 5 heteroatoms. The Morgan fingerprint density at radius 3 is 2.68 bits per heavy atom. The van der Waals surface area contributed by atoms with Gasteiger partial charge in [-0.2, -0.15) is 4.98 Å². The van der Waals surface area contributed by atoms with Crippen LogP contribution in [0.25, 0.3) is 0 Å². The number of alkyl halides is 1. The van der Waals surface area contributed by atoms with Crippen LogP contribution in [0.5, 0.6) is 10.9 Å². The van der Waals surface area contributed by atoms with Crippen LogP contribution in [-0.2, 0) is 5.88 Å². The molecule has 0 aliphatic carbocycles. The topological polar surface area (TPSA) is 22.1 Å². The van der Waals surface area contributed by atoms with Crippen molar-refractivity contribution in [2.45, 2.75) is 32.6 Å². The van der Waals surface area contributed by atoms with E-state index in [0.29, 0.717) is 22.1 Å². The smallest absolute Gasteiger partial charge is 0.280 e. The molecule has 0 atom stereocenters. The maximum absolute atomic E-state index is 5.98. The van der Waals surface area contributed by atoms with E-state index in [-0.39, 0.29) is 0 Å². The Kier molecular flexibility index (Phi) is 4.71. The molecule has 1 aromatic heterocycles. The van der Waals surface area contributed by atoms with Gasteiger partial charge < -0.3 is 4.74 Å². The van der Waals surface area contributed by atoms with Gasteiger partial charge in [0.2, 0.25) is 0 Å². The van der Waals surface area contributed by atoms with Crippen molar-refractivity contribution >= 4 is 34.5 Å². The molecule has 1 aromatic carbocycles. The molecular formula is C14H15Cl2NOS. The van der Waals surface area contributed by atoms with Gasteiger partial charge >= 0.3 is 0 Å². The highest BCUT2D eigenvalue weighted by molar-refractivity contribution is 7.14. The van der Waals surface area contributed by atoms with Crippen molar-refractivity contribution in [3.05, 3.63) is 39.4 Å². The number of benzene rings is 1. The third kappa shape index (κ3) is 3.41. The molecule has 0 N–H and O–H groups in total. The normalized spacial score (nSPS) is 11.1. The summed E-state index contributed by atoms with van der Waals surface area (Å²) in [7, 11) is 0. The average molecular weight is 316 g/mol. The molecule has 0 aliphatic rings. The largest absolute Gasteiger partial charge is 0.431 e. The monoisotopic (exact) mass is 315 g/mol. The number of aryl methyl sites for hydroxylation is 1. The summed E-state index contributed by atoms with van der Waals surface area (Å²) in [6.45, 7) is 6.31. The third-order valence-electron chi connectivity index (χ3n) is 2.74. The SMILES string of the molecule is Cc1ccc(C(C)C)c(Oc2nc(Cl)c(CCl)s2)c1. The van der Waals surface area contributed by atoms with E-state index in [1.165, 1.54) is 11.3 Å². The van der Waals surface area contributed by atoms with Gasteiger partial charge in [-0.1, -0.05) is 48.9 Å². The van der Waals surface area contributed by atoms with Gasteiger partial charge in [0.05, 0.1) is 10.8 Å². The van der Waals surface area contributed by atoms with Gasteiger partial charge in [0.25, 0.3) is 5.19 Å². The molecule has 19 heavy (non-hydrogen) atoms. The van der Waals surface area contributed by atoms with E-state index >= 15 is 0 Å². The van der Waals surface area contributed by atoms with E-state index in [9.17, 15) is 0 Å². The minimum atomic E-state index is 0.352. The molecule has 1 heterocycles. The first kappa shape index (κ1) is 14.6. The zero-order valence-electron chi connectivity index (χ0n) is 11.0. The number of nitrogens with zero attached hydrogens (tertiary/aromatic N) is 1. The molecule has 0 aliphatic heterocycles. The second-order valence-electron chi connectivity index (χ2n) is 4.63. The first-order chi connectivity index (χ1) is 9.01. The fraction of sp³-hybridized carbons (Fsp3) is 0.357. The molecule has 2 rings (SSSR count). The van der Waals surface area contributed by atoms with Crippen LogP contribution in [0.1, 0.15) is 35.8 Å². The molecule has 102 valence electrons. The van der Waals surface area contributed by atoms with E-state index < -0.39 is 0 Å². The van der Waals surface area contributed by atoms with Crippen molar-refractivity contribution in [1.82, 2.24) is 4.98 Å². The van der Waals surface area contributed by atoms with Gasteiger partial charge in [-0.05, 0) is 30.0 Å². The minimum Gasteiger partial charge on any atom is -0.431 e. The summed E-state index contributed by atoms with van der Waals surface area (Å²) in [4.78, 5) is 5.01. The fourth-order valence-corrected chi connectivity index (χ4v) is 3.07. The Morgan fingerprint density at radius 1 is 1.37 bits per heavy atom. The zero-order valence-corrected chi connectivity index (χ0v) is 13.4. The number of thiazole rings is 1. The second kappa shape index (κ2) is 6.12. The maximum Gasteiger partial charge on any atom is 0.280 e. The van der Waals surface area contributed by atoms with E-state index in [1.54, 1.807) is 0 Å². The minimum absolute atomic E-state index is 0.352. The molecule has 0 spiro atoms. The summed E-state index contributed by atoms with van der Waals surface area (Å²) in [5, 5.41) is 0.960. The lowest BCUT2D eigenvalue weighted by Gasteiger charge is -2.12. The van der Waals surface area contributed by atoms with Crippen LogP contribution in [0.2, 0.25) is 5.15 Å². The van der Waals surface area contributed by atoms with Crippen molar-refractivity contribution < 1.29 is 4.74 Å². The zero-order chi connectivity index (χ0) is 14.0. The van der Waals surface area contributed by atoms with Crippen LogP contribution >= 0.6 is 34.5 Å². The lowest BCUT2D eigenvalue weighted by Crippen LogP contribution is -1.94. The predicted octanol–water partition coefficient (Wildman–Crippen LogP) is 5.76. The van der Waals surface area contributed by atoms with Crippen LogP contribution in [-0.4, -0.2) is 4.98 Å². The molecule has 0 unspecified atom stereocenters. The molecular weight excluding hydrogens is 301 g/mol. The van der Waals surface area contributed by atoms with Gasteiger partial charge in [-0.25, -0.2) is 0 Å². The summed E-state index contributed by atoms with van der Waals surface area (Å²) in [5.41, 5.74) is 2.31. The van der Waals surface area contributed by atoms with Crippen molar-refractivity contribution in [3.63, 3.8) is 0 Å². The summed E-state index contributed by atoms with van der Waals surface area (Å²) >= 11 is 13.1. The predicted molar refractivity (Wildman–Crippen MR) is 82.0 cm³/mol. The van der Waals surface area contributed by atoms with Crippen LogP contribution in [0, 0.1) is 6.92 Å². The fourth-order valence-electron chi connectivity index (χ4n) is 1.74. The number of ether oxygens (including phenoxy) is 1. The number of hydrogen-bond acceptors (Lipinski definition) is 3. The Morgan fingerprint density at radius 2 is 2.11 bits per heavy atom. The number of halogens is 2. The lowest BCUT2D eigenvalue weighted by molar-refractivity contribution is 0.469. The third-order valence-corrected chi connectivity index (χ3v) is 4.52. The van der Waals surface area contributed by atoms with Crippen molar-refractivity contribution in [2.75, 3.05) is 0 Å². The summed E-state index contributed by atoms with van der Waals surface area (Å²) < 4.78 is 5.88. The van der Waals surface area contributed by atoms with Crippen LogP contribution in [0.15, 0.2) is 18.2 Å². The van der Waals surface area contributed by atoms with E-state index in [2.05, 4.69) is 31.0 Å². The van der Waals surface area contributed by atoms with Crippen molar-refractivity contribution in [3.8, 4) is 10.9 Å². The Hall–Kier alpha value is -0.770. The highest BCUT2D eigenvalue weighted by Gasteiger charge is 2.13. The van der Waals surface area contributed by atoms with Crippen molar-refractivity contribution in [1.29, 1.82) is 0 Å². The first-order valence-electron chi connectivity index (χ1n) is 6.00. The standard InChI is InChI=1S/C14H15Cl2NOS/c1-8(2)10-5-4-9(3)6-11(10)18-14-17-13(16)12(7-15)19-14/h4-6,8H,7H2,1-3H3. The summed E-state index contributed by atoms with van der Waals surface area (Å²) in [5.74, 6) is 1.57. The van der Waals surface area contributed by atoms with Gasteiger partial charge in [0, 0.05) is 0 Å². The van der Waals surface area contributed by atoms with E-state index in [0.717, 1.165) is 21.8 Å². The molecule has 0 fully saturated rings. The van der Waals surface area contributed by atoms with Crippen LogP contribution < -0.4 is 4.74 Å². The second-order valence-corrected chi connectivity index (χ2v) is 6.30. The number of hydrogen-bond donors (Lipinski definition) is 0.